The Morgan fingerprint density at radius 2 is 2.17 bits per heavy atom. The predicted octanol–water partition coefficient (Wildman–Crippen LogP) is 2.21. The second-order valence-corrected chi connectivity index (χ2v) is 7.11. The topological polar surface area (TPSA) is 64.7 Å². The van der Waals surface area contributed by atoms with Gasteiger partial charge in [-0.25, -0.2) is 9.97 Å². The van der Waals surface area contributed by atoms with Crippen molar-refractivity contribution in [3.8, 4) is 0 Å². The zero-order valence-electron chi connectivity index (χ0n) is 14.0. The number of thiazole rings is 1. The molecule has 0 bridgehead atoms. The second kappa shape index (κ2) is 6.35. The molecule has 7 nitrogen and oxygen atoms in total. The zero-order valence-corrected chi connectivity index (χ0v) is 14.8. The van der Waals surface area contributed by atoms with Gasteiger partial charge < -0.3 is 14.0 Å². The van der Waals surface area contributed by atoms with Crippen molar-refractivity contribution in [2.45, 2.75) is 32.2 Å². The van der Waals surface area contributed by atoms with Gasteiger partial charge in [-0.05, 0) is 19.8 Å². The summed E-state index contributed by atoms with van der Waals surface area (Å²) in [5.41, 5.74) is 0. The summed E-state index contributed by atoms with van der Waals surface area (Å²) in [7, 11) is 2.07. The Morgan fingerprint density at radius 3 is 2.92 bits per heavy atom. The van der Waals surface area contributed by atoms with E-state index in [9.17, 15) is 0 Å². The van der Waals surface area contributed by atoms with E-state index in [4.69, 9.17) is 0 Å². The number of anilines is 1. The van der Waals surface area contributed by atoms with E-state index in [0.29, 0.717) is 12.5 Å². The molecule has 3 aromatic heterocycles. The molecule has 0 aliphatic carbocycles. The second-order valence-electron chi connectivity index (χ2n) is 6.24. The standard InChI is InChI=1S/C16H21N7S/c1-12-17-5-8-22(12)11-14-19-20-15(21(14)2)13-4-3-7-23(10-13)16-18-6-9-24-16/h5-6,8-9,13H,3-4,7,10-11H2,1-2H3. The number of imidazole rings is 1. The van der Waals surface area contributed by atoms with Crippen LogP contribution in [0.2, 0.25) is 0 Å². The minimum atomic E-state index is 0.401. The molecule has 0 saturated carbocycles. The predicted molar refractivity (Wildman–Crippen MR) is 93.4 cm³/mol. The quantitative estimate of drug-likeness (QED) is 0.727. The van der Waals surface area contributed by atoms with Crippen LogP contribution >= 0.6 is 11.3 Å². The molecular weight excluding hydrogens is 322 g/mol. The maximum atomic E-state index is 4.50. The average molecular weight is 343 g/mol. The van der Waals surface area contributed by atoms with Crippen LogP contribution in [-0.4, -0.2) is 42.4 Å². The largest absolute Gasteiger partial charge is 0.347 e. The lowest BCUT2D eigenvalue weighted by molar-refractivity contribution is 0.477. The highest BCUT2D eigenvalue weighted by Crippen LogP contribution is 2.30. The molecule has 0 radical (unpaired) electrons. The molecule has 8 heteroatoms. The van der Waals surface area contributed by atoms with E-state index >= 15 is 0 Å². The molecule has 0 aromatic carbocycles. The maximum Gasteiger partial charge on any atom is 0.185 e. The molecule has 4 rings (SSSR count). The molecule has 0 amide bonds. The molecule has 0 N–H and O–H groups in total. The Balaban J connectivity index is 1.53. The highest BCUT2D eigenvalue weighted by molar-refractivity contribution is 7.13. The van der Waals surface area contributed by atoms with Crippen molar-refractivity contribution < 1.29 is 0 Å². The summed E-state index contributed by atoms with van der Waals surface area (Å²) < 4.78 is 4.24. The summed E-state index contributed by atoms with van der Waals surface area (Å²) in [6.45, 7) is 4.75. The Labute approximate surface area is 145 Å². The van der Waals surface area contributed by atoms with E-state index in [-0.39, 0.29) is 0 Å². The lowest BCUT2D eigenvalue weighted by Crippen LogP contribution is -2.35. The van der Waals surface area contributed by atoms with Crippen LogP contribution in [0.5, 0.6) is 0 Å². The third-order valence-corrected chi connectivity index (χ3v) is 5.54. The molecule has 24 heavy (non-hydrogen) atoms. The third-order valence-electron chi connectivity index (χ3n) is 4.71. The van der Waals surface area contributed by atoms with E-state index in [2.05, 4.69) is 41.2 Å². The van der Waals surface area contributed by atoms with E-state index in [1.165, 1.54) is 0 Å². The van der Waals surface area contributed by atoms with Gasteiger partial charge in [-0.15, -0.1) is 21.5 Å². The van der Waals surface area contributed by atoms with Crippen LogP contribution < -0.4 is 4.90 Å². The maximum absolute atomic E-state index is 4.50. The van der Waals surface area contributed by atoms with Gasteiger partial charge in [-0.3, -0.25) is 0 Å². The van der Waals surface area contributed by atoms with Crippen LogP contribution in [0.1, 0.15) is 36.2 Å². The van der Waals surface area contributed by atoms with Crippen LogP contribution in [0.15, 0.2) is 24.0 Å². The first-order valence-corrected chi connectivity index (χ1v) is 9.10. The Hall–Kier alpha value is -2.22. The molecule has 0 spiro atoms. The van der Waals surface area contributed by atoms with Crippen LogP contribution in [0, 0.1) is 6.92 Å². The fourth-order valence-electron chi connectivity index (χ4n) is 3.33. The number of rotatable bonds is 4. The molecule has 3 aromatic rings. The van der Waals surface area contributed by atoms with Gasteiger partial charge in [0.15, 0.2) is 11.0 Å². The SMILES string of the molecule is Cc1nccn1Cc1nnc(C2CCCN(c3nccs3)C2)n1C. The van der Waals surface area contributed by atoms with Crippen molar-refractivity contribution in [2.75, 3.05) is 18.0 Å². The van der Waals surface area contributed by atoms with Gasteiger partial charge in [0.2, 0.25) is 0 Å². The first-order valence-electron chi connectivity index (χ1n) is 8.22. The number of nitrogens with zero attached hydrogens (tertiary/aromatic N) is 7. The highest BCUT2D eigenvalue weighted by atomic mass is 32.1. The fourth-order valence-corrected chi connectivity index (χ4v) is 4.01. The van der Waals surface area contributed by atoms with Gasteiger partial charge in [-0.2, -0.15) is 0 Å². The van der Waals surface area contributed by atoms with E-state index in [1.807, 2.05) is 30.9 Å². The van der Waals surface area contributed by atoms with Crippen molar-refractivity contribution in [3.05, 3.63) is 41.4 Å². The first kappa shape index (κ1) is 15.3. The number of aryl methyl sites for hydroxylation is 1. The monoisotopic (exact) mass is 343 g/mol. The molecular formula is C16H21N7S. The van der Waals surface area contributed by atoms with Crippen LogP contribution in [-0.2, 0) is 13.6 Å². The number of piperidine rings is 1. The Kier molecular flexibility index (Phi) is 4.05. The Morgan fingerprint density at radius 1 is 1.25 bits per heavy atom. The highest BCUT2D eigenvalue weighted by Gasteiger charge is 2.27. The van der Waals surface area contributed by atoms with E-state index in [0.717, 1.165) is 48.5 Å². The van der Waals surface area contributed by atoms with Crippen molar-refractivity contribution in [2.24, 2.45) is 7.05 Å². The van der Waals surface area contributed by atoms with Gasteiger partial charge in [-0.1, -0.05) is 0 Å². The van der Waals surface area contributed by atoms with Crippen molar-refractivity contribution in [1.29, 1.82) is 0 Å². The molecule has 1 atom stereocenters. The summed E-state index contributed by atoms with van der Waals surface area (Å²) in [5, 5.41) is 12.1. The molecule has 1 aliphatic heterocycles. The lowest BCUT2D eigenvalue weighted by Gasteiger charge is -2.31. The molecule has 1 fully saturated rings. The van der Waals surface area contributed by atoms with Gasteiger partial charge in [0.1, 0.15) is 11.6 Å². The number of hydrogen-bond donors (Lipinski definition) is 0. The smallest absolute Gasteiger partial charge is 0.185 e. The van der Waals surface area contributed by atoms with Crippen LogP contribution in [0.25, 0.3) is 0 Å². The van der Waals surface area contributed by atoms with Crippen LogP contribution in [0.3, 0.4) is 0 Å². The Bertz CT molecular complexity index is 804. The molecule has 126 valence electrons. The molecule has 1 aliphatic rings. The molecule has 1 saturated heterocycles. The summed E-state index contributed by atoms with van der Waals surface area (Å²) in [6, 6.07) is 0. The van der Waals surface area contributed by atoms with E-state index in [1.54, 1.807) is 11.3 Å². The van der Waals surface area contributed by atoms with Crippen molar-refractivity contribution in [1.82, 2.24) is 29.3 Å². The molecule has 1 unspecified atom stereocenters. The normalized spacial score (nSPS) is 18.2. The van der Waals surface area contributed by atoms with Gasteiger partial charge in [0, 0.05) is 50.0 Å². The van der Waals surface area contributed by atoms with E-state index < -0.39 is 0 Å². The fraction of sp³-hybridized carbons (Fsp3) is 0.500. The summed E-state index contributed by atoms with van der Waals surface area (Å²) in [4.78, 5) is 11.1. The van der Waals surface area contributed by atoms with Crippen molar-refractivity contribution >= 4 is 16.5 Å². The number of aromatic nitrogens is 6. The van der Waals surface area contributed by atoms with Gasteiger partial charge in [0.05, 0.1) is 6.54 Å². The van der Waals surface area contributed by atoms with Gasteiger partial charge >= 0.3 is 0 Å². The average Bonchev–Trinajstić information content (AvgIpc) is 3.32. The zero-order chi connectivity index (χ0) is 16.5. The summed E-state index contributed by atoms with van der Waals surface area (Å²) in [6.07, 6.45) is 7.98. The number of hydrogen-bond acceptors (Lipinski definition) is 6. The first-order chi connectivity index (χ1) is 11.7. The minimum Gasteiger partial charge on any atom is -0.347 e. The summed E-state index contributed by atoms with van der Waals surface area (Å²) >= 11 is 1.70. The van der Waals surface area contributed by atoms with Crippen molar-refractivity contribution in [3.63, 3.8) is 0 Å². The molecule has 4 heterocycles. The summed E-state index contributed by atoms with van der Waals surface area (Å²) in [5.74, 6) is 3.44. The van der Waals surface area contributed by atoms with Gasteiger partial charge in [0.25, 0.3) is 0 Å². The minimum absolute atomic E-state index is 0.401. The van der Waals surface area contributed by atoms with Crippen LogP contribution in [0.4, 0.5) is 5.13 Å². The lowest BCUT2D eigenvalue weighted by atomic mass is 9.97. The third kappa shape index (κ3) is 2.82.